The summed E-state index contributed by atoms with van der Waals surface area (Å²) in [6.07, 6.45) is 3.70. The summed E-state index contributed by atoms with van der Waals surface area (Å²) in [6, 6.07) is 0. The van der Waals surface area contributed by atoms with E-state index in [1.54, 1.807) is 6.21 Å². The van der Waals surface area contributed by atoms with E-state index in [2.05, 4.69) is 38.8 Å². The highest BCUT2D eigenvalue weighted by Gasteiger charge is 1.97. The van der Waals surface area contributed by atoms with Gasteiger partial charge in [0.2, 0.25) is 0 Å². The zero-order valence-electron chi connectivity index (χ0n) is 6.92. The Hall–Kier alpha value is -0.0600. The van der Waals surface area contributed by atoms with Crippen LogP contribution in [-0.2, 0) is 0 Å². The van der Waals surface area contributed by atoms with E-state index in [9.17, 15) is 0 Å². The second-order valence-electron chi connectivity index (χ2n) is 2.74. The first-order valence-corrected chi connectivity index (χ1v) is 4.88. The van der Waals surface area contributed by atoms with Crippen molar-refractivity contribution in [3.05, 3.63) is 9.66 Å². The van der Waals surface area contributed by atoms with Gasteiger partial charge in [0.05, 0.1) is 0 Å². The van der Waals surface area contributed by atoms with Gasteiger partial charge in [-0.2, -0.15) is 0 Å². The fraction of sp³-hybridized carbons (Fsp3) is 0.625. The molecule has 64 valence electrons. The van der Waals surface area contributed by atoms with Gasteiger partial charge in [0.15, 0.2) is 0 Å². The van der Waals surface area contributed by atoms with Crippen LogP contribution in [0.1, 0.15) is 26.7 Å². The van der Waals surface area contributed by atoms with Crippen LogP contribution >= 0.6 is 22.6 Å². The topological polar surface area (TPSA) is 32.6 Å². The monoisotopic (exact) mass is 267 g/mol. The number of nitrogens with zero attached hydrogens (tertiary/aromatic N) is 1. The zero-order chi connectivity index (χ0) is 8.69. The molecule has 0 rings (SSSR count). The molecule has 0 spiro atoms. The van der Waals surface area contributed by atoms with Crippen LogP contribution in [0.3, 0.4) is 0 Å². The molecule has 0 fully saturated rings. The molecule has 11 heavy (non-hydrogen) atoms. The first kappa shape index (κ1) is 10.9. The van der Waals surface area contributed by atoms with Gasteiger partial charge in [-0.3, -0.25) is 0 Å². The molecule has 0 amide bonds. The molecule has 1 atom stereocenters. The predicted molar refractivity (Wildman–Crippen MR) is 56.5 cm³/mol. The summed E-state index contributed by atoms with van der Waals surface area (Å²) >= 11 is 2.24. The van der Waals surface area contributed by atoms with Crippen LogP contribution in [0.15, 0.2) is 14.8 Å². The largest absolute Gasteiger partial charge is 0.411 e. The molecule has 0 aromatic carbocycles. The van der Waals surface area contributed by atoms with Gasteiger partial charge in [-0.25, -0.2) is 0 Å². The van der Waals surface area contributed by atoms with Crippen LogP contribution in [0.2, 0.25) is 0 Å². The molecule has 0 saturated carbocycles. The van der Waals surface area contributed by atoms with E-state index >= 15 is 0 Å². The van der Waals surface area contributed by atoms with Gasteiger partial charge in [-0.15, -0.1) is 5.16 Å². The quantitative estimate of drug-likeness (QED) is 0.361. The number of allylic oxidation sites excluding steroid dienone is 1. The van der Waals surface area contributed by atoms with Gasteiger partial charge < -0.3 is 5.21 Å². The van der Waals surface area contributed by atoms with Crippen molar-refractivity contribution < 1.29 is 5.21 Å². The second-order valence-corrected chi connectivity index (χ2v) is 3.36. The summed E-state index contributed by atoms with van der Waals surface area (Å²) in [5, 5.41) is 11.2. The van der Waals surface area contributed by atoms with E-state index in [0.717, 1.165) is 12.8 Å². The van der Waals surface area contributed by atoms with Crippen LogP contribution in [0, 0.1) is 5.92 Å². The molecule has 0 aliphatic rings. The zero-order valence-corrected chi connectivity index (χ0v) is 9.08. The van der Waals surface area contributed by atoms with Crippen molar-refractivity contribution in [1.82, 2.24) is 0 Å². The van der Waals surface area contributed by atoms with Gasteiger partial charge in [0.25, 0.3) is 0 Å². The Labute approximate surface area is 81.5 Å². The average molecular weight is 267 g/mol. The fourth-order valence-corrected chi connectivity index (χ4v) is 1.01. The summed E-state index contributed by atoms with van der Waals surface area (Å²) in [7, 11) is 0. The van der Waals surface area contributed by atoms with Crippen molar-refractivity contribution >= 4 is 28.8 Å². The Morgan fingerprint density at radius 1 is 1.73 bits per heavy atom. The molecule has 0 aromatic heterocycles. The summed E-state index contributed by atoms with van der Waals surface area (Å²) in [5.41, 5.74) is 1.38. The highest BCUT2D eigenvalue weighted by Crippen LogP contribution is 2.11. The highest BCUT2D eigenvalue weighted by atomic mass is 127. The molecule has 0 aliphatic heterocycles. The number of hydrogen-bond acceptors (Lipinski definition) is 2. The van der Waals surface area contributed by atoms with Crippen molar-refractivity contribution in [2.75, 3.05) is 0 Å². The number of rotatable bonds is 4. The van der Waals surface area contributed by atoms with E-state index in [4.69, 9.17) is 5.21 Å². The Kier molecular flexibility index (Phi) is 6.60. The van der Waals surface area contributed by atoms with Crippen LogP contribution in [0.5, 0.6) is 0 Å². The number of oxime groups is 1. The Morgan fingerprint density at radius 3 is 2.82 bits per heavy atom. The lowest BCUT2D eigenvalue weighted by atomic mass is 10.0. The Bertz CT molecular complexity index is 154. The lowest BCUT2D eigenvalue weighted by Crippen LogP contribution is -1.95. The van der Waals surface area contributed by atoms with E-state index in [1.165, 1.54) is 5.57 Å². The third-order valence-corrected chi connectivity index (χ3v) is 2.56. The molecule has 2 nitrogen and oxygen atoms in total. The Morgan fingerprint density at radius 2 is 2.36 bits per heavy atom. The minimum atomic E-state index is 0.367. The van der Waals surface area contributed by atoms with Gasteiger partial charge in [-0.1, -0.05) is 35.1 Å². The van der Waals surface area contributed by atoms with E-state index in [-0.39, 0.29) is 0 Å². The van der Waals surface area contributed by atoms with Crippen molar-refractivity contribution in [3.8, 4) is 0 Å². The van der Waals surface area contributed by atoms with Crippen molar-refractivity contribution in [2.45, 2.75) is 26.7 Å². The SMILES string of the molecule is C/C(=C\I)CC[C@H](C)/C=N\O. The van der Waals surface area contributed by atoms with Crippen LogP contribution in [0.25, 0.3) is 0 Å². The predicted octanol–water partition coefficient (Wildman–Crippen LogP) is 3.20. The van der Waals surface area contributed by atoms with Gasteiger partial charge >= 0.3 is 0 Å². The lowest BCUT2D eigenvalue weighted by Gasteiger charge is -2.03. The van der Waals surface area contributed by atoms with Crippen LogP contribution in [-0.4, -0.2) is 11.4 Å². The second kappa shape index (κ2) is 6.64. The van der Waals surface area contributed by atoms with Gasteiger partial charge in [0, 0.05) is 6.21 Å². The molecule has 1 N–H and O–H groups in total. The average Bonchev–Trinajstić information content (AvgIpc) is 2.01. The van der Waals surface area contributed by atoms with Gasteiger partial charge in [0.1, 0.15) is 0 Å². The van der Waals surface area contributed by atoms with E-state index in [0.29, 0.717) is 5.92 Å². The summed E-state index contributed by atoms with van der Waals surface area (Å²) in [6.45, 7) is 4.15. The van der Waals surface area contributed by atoms with Gasteiger partial charge in [-0.05, 0) is 29.8 Å². The van der Waals surface area contributed by atoms with Crippen molar-refractivity contribution in [2.24, 2.45) is 11.1 Å². The molecule has 0 aliphatic carbocycles. The molecule has 3 heteroatoms. The minimum Gasteiger partial charge on any atom is -0.411 e. The molecule has 0 heterocycles. The molecule has 0 radical (unpaired) electrons. The molecule has 0 bridgehead atoms. The maximum absolute atomic E-state index is 8.21. The third-order valence-electron chi connectivity index (χ3n) is 1.50. The Balaban J connectivity index is 3.53. The van der Waals surface area contributed by atoms with Crippen LogP contribution in [0.4, 0.5) is 0 Å². The van der Waals surface area contributed by atoms with E-state index < -0.39 is 0 Å². The molecular weight excluding hydrogens is 253 g/mol. The normalized spacial score (nSPS) is 15.7. The van der Waals surface area contributed by atoms with Crippen LogP contribution < -0.4 is 0 Å². The minimum absolute atomic E-state index is 0.367. The fourth-order valence-electron chi connectivity index (χ4n) is 0.698. The standard InChI is InChI=1S/C8H14INO/c1-7(5-9)3-4-8(2)6-10-11/h5-6,8,11H,3-4H2,1-2H3/b7-5+,10-6-/t8-/m0/s1. The maximum atomic E-state index is 8.21. The summed E-state index contributed by atoms with van der Waals surface area (Å²) < 4.78 is 2.08. The molecule has 0 saturated heterocycles. The van der Waals surface area contributed by atoms with Crippen molar-refractivity contribution in [1.29, 1.82) is 0 Å². The maximum Gasteiger partial charge on any atom is 0.0464 e. The lowest BCUT2D eigenvalue weighted by molar-refractivity contribution is 0.318. The molecule has 0 unspecified atom stereocenters. The summed E-state index contributed by atoms with van der Waals surface area (Å²) in [4.78, 5) is 0. The smallest absolute Gasteiger partial charge is 0.0464 e. The number of halogens is 1. The highest BCUT2D eigenvalue weighted by molar-refractivity contribution is 14.1. The van der Waals surface area contributed by atoms with E-state index in [1.807, 2.05) is 6.92 Å². The first-order valence-electron chi connectivity index (χ1n) is 3.64. The van der Waals surface area contributed by atoms with Crippen molar-refractivity contribution in [3.63, 3.8) is 0 Å². The molecular formula is C8H14INO. The molecule has 0 aromatic rings. The number of hydrogen-bond donors (Lipinski definition) is 1. The third kappa shape index (κ3) is 6.34. The first-order chi connectivity index (χ1) is 5.20. The summed E-state index contributed by atoms with van der Waals surface area (Å²) in [5.74, 6) is 0.367.